The Morgan fingerprint density at radius 3 is 2.22 bits per heavy atom. The molecule has 2 aliphatic rings. The molecular weight excluding hydrogens is 346 g/mol. The van der Waals surface area contributed by atoms with Crippen molar-refractivity contribution in [2.75, 3.05) is 5.73 Å². The maximum Gasteiger partial charge on any atom is 0.254 e. The predicted octanol–water partition coefficient (Wildman–Crippen LogP) is -6.92. The molecule has 14 heteroatoms. The fourth-order valence-electron chi connectivity index (χ4n) is 4.11. The molecule has 3 rings (SSSR count). The largest absolute Gasteiger partial charge is 0.503 e. The van der Waals surface area contributed by atoms with Crippen molar-refractivity contribution in [1.82, 2.24) is 10.2 Å². The first-order valence-corrected chi connectivity index (χ1v) is 8.68. The van der Waals surface area contributed by atoms with Crippen molar-refractivity contribution < 1.29 is 23.9 Å². The van der Waals surface area contributed by atoms with Crippen LogP contribution in [-0.4, -0.2) is 80.2 Å². The summed E-state index contributed by atoms with van der Waals surface area (Å²) in [6.45, 7) is -0.0632. The van der Waals surface area contributed by atoms with Gasteiger partial charge in [-0.05, 0) is 10.7 Å². The molecule has 1 saturated heterocycles. The van der Waals surface area contributed by atoms with Gasteiger partial charge in [-0.3, -0.25) is 19.7 Å². The summed E-state index contributed by atoms with van der Waals surface area (Å²) in [5.74, 6) is -3.22. The predicted molar refractivity (Wildman–Crippen MR) is 115 cm³/mol. The average Bonchev–Trinajstić information content (AvgIpc) is 2.93. The van der Waals surface area contributed by atoms with Crippen LogP contribution in [0.3, 0.4) is 0 Å². The number of hydrogen-bond donors (Lipinski definition) is 3. The summed E-state index contributed by atoms with van der Waals surface area (Å²) in [6, 6.07) is 0. The summed E-state index contributed by atoms with van der Waals surface area (Å²) >= 11 is 0. The molecule has 1 atom stereocenters. The lowest BCUT2D eigenvalue weighted by Gasteiger charge is -2.59. The molecule has 4 N–H and O–H groups in total. The number of halogens is 1. The molecule has 7 nitrogen and oxygen atoms in total. The number of piperidine rings is 1. The van der Waals surface area contributed by atoms with Crippen LogP contribution in [0.25, 0.3) is 0 Å². The number of fused-ring (bicyclic) bond motifs is 1. The average molecular weight is 364 g/mol. The monoisotopic (exact) mass is 365 g/mol. The van der Waals surface area contributed by atoms with E-state index >= 15 is 0 Å². The number of benzene rings is 1. The molecule has 0 aromatic heterocycles. The SMILES string of the molecule is Bc1c(F)c(O)c(N)c2c1C(=O)N([C@]1(B)C(=O)NC(=O)C(B)(B)C1(B)B)C2. The lowest BCUT2D eigenvalue weighted by Crippen LogP contribution is -2.75. The highest BCUT2D eigenvalue weighted by atomic mass is 19.1. The number of phenols is 1. The van der Waals surface area contributed by atoms with E-state index in [1.165, 1.54) is 12.7 Å². The third kappa shape index (κ3) is 2.07. The number of carbonyl (C=O) groups excluding carboxylic acids is 3. The zero-order valence-electron chi connectivity index (χ0n) is 16.3. The van der Waals surface area contributed by atoms with Crippen LogP contribution in [-0.2, 0) is 16.1 Å². The summed E-state index contributed by atoms with van der Waals surface area (Å²) < 4.78 is 14.3. The molecule has 0 radical (unpaired) electrons. The minimum absolute atomic E-state index is 0.0165. The Bertz CT molecular complexity index is 939. The van der Waals surface area contributed by atoms with Crippen LogP contribution < -0.4 is 16.5 Å². The molecule has 1 aromatic carbocycles. The van der Waals surface area contributed by atoms with Gasteiger partial charge in [-0.2, -0.15) is 0 Å². The maximum absolute atomic E-state index is 14.3. The molecule has 0 aliphatic carbocycles. The van der Waals surface area contributed by atoms with Gasteiger partial charge in [0.25, 0.3) is 5.91 Å². The fraction of sp³-hybridized carbons (Fsp3) is 0.308. The second-order valence-corrected chi connectivity index (χ2v) is 8.55. The summed E-state index contributed by atoms with van der Waals surface area (Å²) in [4.78, 5) is 39.9. The van der Waals surface area contributed by atoms with E-state index in [2.05, 4.69) is 5.32 Å². The number of amides is 3. The Hall–Kier alpha value is -2.25. The number of anilines is 1. The van der Waals surface area contributed by atoms with Gasteiger partial charge in [0.15, 0.2) is 11.6 Å². The van der Waals surface area contributed by atoms with Crippen LogP contribution in [0.1, 0.15) is 15.9 Å². The van der Waals surface area contributed by atoms with E-state index in [4.69, 9.17) is 5.73 Å². The summed E-state index contributed by atoms with van der Waals surface area (Å²) in [7, 11) is 9.93. The number of hydrogen-bond acceptors (Lipinski definition) is 5. The fourth-order valence-corrected chi connectivity index (χ4v) is 4.11. The van der Waals surface area contributed by atoms with Crippen LogP contribution in [0.15, 0.2) is 0 Å². The first kappa shape index (κ1) is 19.5. The number of phenolic OH excluding ortho intramolecular Hbond substituents is 1. The van der Waals surface area contributed by atoms with Gasteiger partial charge in [0.1, 0.15) is 47.1 Å². The summed E-state index contributed by atoms with van der Waals surface area (Å²) in [5.41, 5.74) is 4.58. The maximum atomic E-state index is 14.3. The van der Waals surface area contributed by atoms with Crippen molar-refractivity contribution in [1.29, 1.82) is 0 Å². The van der Waals surface area contributed by atoms with E-state index in [-0.39, 0.29) is 28.8 Å². The number of aromatic hydroxyl groups is 1. The molecule has 0 spiro atoms. The number of nitrogens with one attached hydrogen (secondary N) is 1. The zero-order chi connectivity index (χ0) is 20.7. The second kappa shape index (κ2) is 5.39. The van der Waals surface area contributed by atoms with E-state index in [1.807, 2.05) is 0 Å². The van der Waals surface area contributed by atoms with Crippen molar-refractivity contribution in [2.45, 2.75) is 22.4 Å². The minimum Gasteiger partial charge on any atom is -0.503 e. The molecule has 27 heavy (non-hydrogen) atoms. The molecule has 0 saturated carbocycles. The van der Waals surface area contributed by atoms with E-state index in [0.29, 0.717) is 0 Å². The topological polar surface area (TPSA) is 113 Å². The van der Waals surface area contributed by atoms with Crippen molar-refractivity contribution in [3.8, 4) is 5.75 Å². The first-order chi connectivity index (χ1) is 12.2. The molecular formula is C13H18B6FN3O4. The Morgan fingerprint density at radius 2 is 1.67 bits per heavy atom. The molecule has 0 unspecified atom stereocenters. The van der Waals surface area contributed by atoms with Crippen LogP contribution in [0, 0.1) is 5.82 Å². The standard InChI is InChI=1S/C13H18B6FN3O4/c14-4-3-2(6(21)7(24)5(4)20)1-23(8(3)25)12(17)10(27)22-9(26)11(15,16)13(12,18)19/h24H,1,14-19,21H2,(H,22,26,27)/t12-/m1/s1. The number of nitrogens with two attached hydrogens (primary N) is 1. The summed E-state index contributed by atoms with van der Waals surface area (Å²) in [5, 5.41) is 10.4. The van der Waals surface area contributed by atoms with Gasteiger partial charge in [-0.1, -0.05) is 5.21 Å². The molecule has 2 aliphatic heterocycles. The van der Waals surface area contributed by atoms with E-state index in [9.17, 15) is 23.9 Å². The highest BCUT2D eigenvalue weighted by Gasteiger charge is 2.64. The number of imide groups is 1. The lowest BCUT2D eigenvalue weighted by atomic mass is 9.21. The quantitative estimate of drug-likeness (QED) is 0.198. The molecule has 3 amide bonds. The van der Waals surface area contributed by atoms with Gasteiger partial charge in [0.2, 0.25) is 11.8 Å². The molecule has 0 bridgehead atoms. The number of carbonyl (C=O) groups is 3. The molecule has 1 fully saturated rings. The second-order valence-electron chi connectivity index (χ2n) is 8.55. The summed E-state index contributed by atoms with van der Waals surface area (Å²) in [6.07, 6.45) is 0. The van der Waals surface area contributed by atoms with Gasteiger partial charge in [-0.15, -0.1) is 0 Å². The van der Waals surface area contributed by atoms with E-state index < -0.39 is 45.2 Å². The van der Waals surface area contributed by atoms with Crippen LogP contribution >= 0.6 is 0 Å². The van der Waals surface area contributed by atoms with Gasteiger partial charge < -0.3 is 15.7 Å². The Kier molecular flexibility index (Phi) is 3.90. The van der Waals surface area contributed by atoms with Crippen LogP contribution in [0.2, 0.25) is 10.4 Å². The number of nitrogens with zero attached hydrogens (tertiary/aromatic N) is 1. The Morgan fingerprint density at radius 1 is 1.11 bits per heavy atom. The Labute approximate surface area is 161 Å². The van der Waals surface area contributed by atoms with Gasteiger partial charge in [0, 0.05) is 17.7 Å². The van der Waals surface area contributed by atoms with Crippen molar-refractivity contribution in [3.05, 3.63) is 16.9 Å². The van der Waals surface area contributed by atoms with Gasteiger partial charge >= 0.3 is 0 Å². The normalized spacial score (nSPS) is 26.0. The smallest absolute Gasteiger partial charge is 0.254 e. The third-order valence-electron chi connectivity index (χ3n) is 7.13. The lowest BCUT2D eigenvalue weighted by molar-refractivity contribution is -0.140. The van der Waals surface area contributed by atoms with Gasteiger partial charge in [0.05, 0.1) is 11.1 Å². The molecule has 2 heterocycles. The zero-order valence-corrected chi connectivity index (χ0v) is 16.3. The van der Waals surface area contributed by atoms with Crippen molar-refractivity contribution in [2.24, 2.45) is 0 Å². The van der Waals surface area contributed by atoms with E-state index in [1.54, 1.807) is 39.2 Å². The first-order valence-electron chi connectivity index (χ1n) is 8.68. The van der Waals surface area contributed by atoms with Crippen molar-refractivity contribution in [3.63, 3.8) is 0 Å². The number of rotatable bonds is 1. The molecule has 134 valence electrons. The number of nitrogen functional groups attached to an aromatic ring is 1. The molecule has 1 aromatic rings. The third-order valence-corrected chi connectivity index (χ3v) is 7.13. The van der Waals surface area contributed by atoms with Crippen LogP contribution in [0.5, 0.6) is 5.75 Å². The Balaban J connectivity index is 2.22. The van der Waals surface area contributed by atoms with Gasteiger partial charge in [-0.25, -0.2) is 4.39 Å². The minimum atomic E-state index is -1.40. The highest BCUT2D eigenvalue weighted by molar-refractivity contribution is 6.66. The van der Waals surface area contributed by atoms with Crippen LogP contribution in [0.4, 0.5) is 10.1 Å². The highest BCUT2D eigenvalue weighted by Crippen LogP contribution is 2.55. The van der Waals surface area contributed by atoms with E-state index in [0.717, 1.165) is 0 Å². The van der Waals surface area contributed by atoms with Crippen molar-refractivity contribution >= 4 is 75.9 Å².